The smallest absolute Gasteiger partial charge is 0.124 e. The van der Waals surface area contributed by atoms with Crippen molar-refractivity contribution in [2.45, 2.75) is 20.1 Å². The van der Waals surface area contributed by atoms with Crippen LogP contribution in [0.3, 0.4) is 0 Å². The van der Waals surface area contributed by atoms with E-state index in [4.69, 9.17) is 4.74 Å². The van der Waals surface area contributed by atoms with Gasteiger partial charge in [0, 0.05) is 22.1 Å². The zero-order valence-electron chi connectivity index (χ0n) is 11.3. The molecule has 0 aliphatic carbocycles. The summed E-state index contributed by atoms with van der Waals surface area (Å²) in [6.45, 7) is 3.90. The number of hydrogen-bond donors (Lipinski definition) is 1. The van der Waals surface area contributed by atoms with Crippen LogP contribution in [-0.2, 0) is 13.2 Å². The molecule has 0 atom stereocenters. The Balaban J connectivity index is 2.10. The van der Waals surface area contributed by atoms with Gasteiger partial charge in [-0.15, -0.1) is 0 Å². The van der Waals surface area contributed by atoms with E-state index in [0.29, 0.717) is 18.9 Å². The second-order valence-corrected chi connectivity index (χ2v) is 5.27. The molecule has 0 amide bonds. The van der Waals surface area contributed by atoms with Gasteiger partial charge in [0.1, 0.15) is 18.2 Å². The summed E-state index contributed by atoms with van der Waals surface area (Å²) in [5.74, 6) is 0.467. The standard InChI is InChI=1S/C16H17BrFNO/c1-2-19-10-13-9-14(18)7-8-16(13)20-11-12-5-3-4-6-15(12)17/h3-9,19H,2,10-11H2,1H3. The first-order chi connectivity index (χ1) is 9.70. The maximum absolute atomic E-state index is 13.3. The minimum atomic E-state index is -0.244. The third-order valence-electron chi connectivity index (χ3n) is 2.93. The summed E-state index contributed by atoms with van der Waals surface area (Å²) in [6, 6.07) is 12.5. The molecule has 2 aromatic carbocycles. The number of benzene rings is 2. The summed E-state index contributed by atoms with van der Waals surface area (Å²) in [7, 11) is 0. The highest BCUT2D eigenvalue weighted by atomic mass is 79.9. The topological polar surface area (TPSA) is 21.3 Å². The first-order valence-corrected chi connectivity index (χ1v) is 7.35. The fraction of sp³-hybridized carbons (Fsp3) is 0.250. The third kappa shape index (κ3) is 4.05. The summed E-state index contributed by atoms with van der Waals surface area (Å²) in [6.07, 6.45) is 0. The van der Waals surface area contributed by atoms with Crippen molar-refractivity contribution in [3.05, 3.63) is 63.9 Å². The second kappa shape index (κ2) is 7.41. The Morgan fingerprint density at radius 3 is 2.70 bits per heavy atom. The van der Waals surface area contributed by atoms with Crippen LogP contribution in [0.5, 0.6) is 5.75 Å². The Bertz CT molecular complexity index is 574. The lowest BCUT2D eigenvalue weighted by Crippen LogP contribution is -2.13. The highest BCUT2D eigenvalue weighted by Gasteiger charge is 2.06. The van der Waals surface area contributed by atoms with Crippen LogP contribution >= 0.6 is 15.9 Å². The van der Waals surface area contributed by atoms with Gasteiger partial charge in [0.25, 0.3) is 0 Å². The molecule has 0 saturated heterocycles. The molecule has 106 valence electrons. The third-order valence-corrected chi connectivity index (χ3v) is 3.70. The van der Waals surface area contributed by atoms with Crippen molar-refractivity contribution < 1.29 is 9.13 Å². The quantitative estimate of drug-likeness (QED) is 0.849. The van der Waals surface area contributed by atoms with Crippen molar-refractivity contribution in [3.8, 4) is 5.75 Å². The van der Waals surface area contributed by atoms with E-state index < -0.39 is 0 Å². The highest BCUT2D eigenvalue weighted by Crippen LogP contribution is 2.23. The molecule has 0 aliphatic heterocycles. The van der Waals surface area contributed by atoms with Gasteiger partial charge in [0.15, 0.2) is 0 Å². The fourth-order valence-electron chi connectivity index (χ4n) is 1.86. The molecule has 4 heteroatoms. The average Bonchev–Trinajstić information content (AvgIpc) is 2.45. The molecule has 2 nitrogen and oxygen atoms in total. The minimum absolute atomic E-state index is 0.244. The number of rotatable bonds is 6. The molecular weight excluding hydrogens is 321 g/mol. The lowest BCUT2D eigenvalue weighted by molar-refractivity contribution is 0.301. The van der Waals surface area contributed by atoms with Crippen LogP contribution in [0.25, 0.3) is 0 Å². The lowest BCUT2D eigenvalue weighted by Gasteiger charge is -2.13. The van der Waals surface area contributed by atoms with Gasteiger partial charge in [-0.2, -0.15) is 0 Å². The van der Waals surface area contributed by atoms with Crippen LogP contribution in [0.15, 0.2) is 46.9 Å². The van der Waals surface area contributed by atoms with Gasteiger partial charge < -0.3 is 10.1 Å². The van der Waals surface area contributed by atoms with Crippen LogP contribution < -0.4 is 10.1 Å². The Morgan fingerprint density at radius 1 is 1.15 bits per heavy atom. The number of nitrogens with one attached hydrogen (secondary N) is 1. The minimum Gasteiger partial charge on any atom is -0.489 e. The van der Waals surface area contributed by atoms with Crippen molar-refractivity contribution in [1.29, 1.82) is 0 Å². The largest absolute Gasteiger partial charge is 0.489 e. The molecule has 0 radical (unpaired) electrons. The molecule has 0 saturated carbocycles. The van der Waals surface area contributed by atoms with E-state index in [-0.39, 0.29) is 5.82 Å². The molecule has 0 aromatic heterocycles. The molecule has 0 fully saturated rings. The van der Waals surface area contributed by atoms with Crippen LogP contribution in [0.2, 0.25) is 0 Å². The maximum atomic E-state index is 13.3. The van der Waals surface area contributed by atoms with Crippen molar-refractivity contribution in [1.82, 2.24) is 5.32 Å². The van der Waals surface area contributed by atoms with Crippen LogP contribution in [0.4, 0.5) is 4.39 Å². The molecule has 0 aliphatic rings. The molecular formula is C16H17BrFNO. The van der Waals surface area contributed by atoms with Gasteiger partial charge >= 0.3 is 0 Å². The number of halogens is 2. The Morgan fingerprint density at radius 2 is 1.95 bits per heavy atom. The first kappa shape index (κ1) is 15.0. The molecule has 0 bridgehead atoms. The van der Waals surface area contributed by atoms with Crippen molar-refractivity contribution in [2.24, 2.45) is 0 Å². The van der Waals surface area contributed by atoms with Gasteiger partial charge in [-0.25, -0.2) is 4.39 Å². The van der Waals surface area contributed by atoms with Crippen molar-refractivity contribution >= 4 is 15.9 Å². The van der Waals surface area contributed by atoms with E-state index in [1.807, 2.05) is 31.2 Å². The Labute approximate surface area is 127 Å². The summed E-state index contributed by atoms with van der Waals surface area (Å²) in [5, 5.41) is 3.19. The van der Waals surface area contributed by atoms with E-state index in [1.54, 1.807) is 6.07 Å². The summed E-state index contributed by atoms with van der Waals surface area (Å²) in [5.41, 5.74) is 1.89. The highest BCUT2D eigenvalue weighted by molar-refractivity contribution is 9.10. The Hall–Kier alpha value is -1.39. The monoisotopic (exact) mass is 337 g/mol. The van der Waals surface area contributed by atoms with E-state index in [2.05, 4.69) is 21.2 Å². The normalized spacial score (nSPS) is 10.6. The Kier molecular flexibility index (Phi) is 5.56. The summed E-state index contributed by atoms with van der Waals surface area (Å²) in [4.78, 5) is 0. The SMILES string of the molecule is CCNCc1cc(F)ccc1OCc1ccccc1Br. The van der Waals surface area contributed by atoms with Gasteiger partial charge in [-0.1, -0.05) is 41.1 Å². The first-order valence-electron chi connectivity index (χ1n) is 6.56. The van der Waals surface area contributed by atoms with Crippen molar-refractivity contribution in [3.63, 3.8) is 0 Å². The molecule has 2 rings (SSSR count). The van der Waals surface area contributed by atoms with Gasteiger partial charge in [0.2, 0.25) is 0 Å². The van der Waals surface area contributed by atoms with Crippen LogP contribution in [-0.4, -0.2) is 6.54 Å². The van der Waals surface area contributed by atoms with Gasteiger partial charge in [0.05, 0.1) is 0 Å². The zero-order valence-corrected chi connectivity index (χ0v) is 12.9. The fourth-order valence-corrected chi connectivity index (χ4v) is 2.26. The van der Waals surface area contributed by atoms with Gasteiger partial charge in [-0.3, -0.25) is 0 Å². The molecule has 0 heterocycles. The maximum Gasteiger partial charge on any atom is 0.124 e. The van der Waals surface area contributed by atoms with E-state index in [1.165, 1.54) is 12.1 Å². The molecule has 0 unspecified atom stereocenters. The lowest BCUT2D eigenvalue weighted by atomic mass is 10.2. The molecule has 1 N–H and O–H groups in total. The summed E-state index contributed by atoms with van der Waals surface area (Å²) >= 11 is 3.49. The zero-order chi connectivity index (χ0) is 14.4. The van der Waals surface area contributed by atoms with Crippen LogP contribution in [0, 0.1) is 5.82 Å². The van der Waals surface area contributed by atoms with Crippen LogP contribution in [0.1, 0.15) is 18.1 Å². The molecule has 20 heavy (non-hydrogen) atoms. The predicted molar refractivity (Wildman–Crippen MR) is 82.3 cm³/mol. The van der Waals surface area contributed by atoms with Crippen molar-refractivity contribution in [2.75, 3.05) is 6.54 Å². The van der Waals surface area contributed by atoms with E-state index in [0.717, 1.165) is 22.1 Å². The molecule has 0 spiro atoms. The van der Waals surface area contributed by atoms with E-state index >= 15 is 0 Å². The number of hydrogen-bond acceptors (Lipinski definition) is 2. The van der Waals surface area contributed by atoms with E-state index in [9.17, 15) is 4.39 Å². The predicted octanol–water partition coefficient (Wildman–Crippen LogP) is 4.28. The molecule has 2 aromatic rings. The average molecular weight is 338 g/mol. The van der Waals surface area contributed by atoms with Gasteiger partial charge in [-0.05, 0) is 30.8 Å². The second-order valence-electron chi connectivity index (χ2n) is 4.41. The summed E-state index contributed by atoms with van der Waals surface area (Å²) < 4.78 is 20.1. The number of ether oxygens (including phenoxy) is 1.